The summed E-state index contributed by atoms with van der Waals surface area (Å²) in [6.45, 7) is 4.51. The molecule has 1 N–H and O–H groups in total. The fourth-order valence-electron chi connectivity index (χ4n) is 2.18. The zero-order valence-corrected chi connectivity index (χ0v) is 11.7. The highest BCUT2D eigenvalue weighted by molar-refractivity contribution is 7.99. The van der Waals surface area contributed by atoms with E-state index in [1.54, 1.807) is 12.1 Å². The molecule has 1 fully saturated rings. The summed E-state index contributed by atoms with van der Waals surface area (Å²) < 4.78 is 13.6. The predicted molar refractivity (Wildman–Crippen MR) is 74.5 cm³/mol. The highest BCUT2D eigenvalue weighted by Gasteiger charge is 2.28. The van der Waals surface area contributed by atoms with Crippen LogP contribution in [0.1, 0.15) is 20.3 Å². The average Bonchev–Trinajstić information content (AvgIpc) is 2.21. The molecule has 0 bridgehead atoms. The van der Waals surface area contributed by atoms with E-state index in [9.17, 15) is 4.39 Å². The Bertz CT molecular complexity index is 408. The zero-order chi connectivity index (χ0) is 12.5. The lowest BCUT2D eigenvalue weighted by atomic mass is 9.88. The topological polar surface area (TPSA) is 12.0 Å². The van der Waals surface area contributed by atoms with Gasteiger partial charge in [-0.25, -0.2) is 4.39 Å². The van der Waals surface area contributed by atoms with Gasteiger partial charge in [0.05, 0.1) is 5.69 Å². The Hall–Kier alpha value is -0.410. The van der Waals surface area contributed by atoms with Crippen molar-refractivity contribution < 1.29 is 4.39 Å². The summed E-state index contributed by atoms with van der Waals surface area (Å²) in [6.07, 6.45) is 1.07. The van der Waals surface area contributed by atoms with Gasteiger partial charge in [0.2, 0.25) is 0 Å². The van der Waals surface area contributed by atoms with E-state index in [0.29, 0.717) is 22.2 Å². The number of hydrogen-bond donors (Lipinski definition) is 1. The van der Waals surface area contributed by atoms with Crippen LogP contribution in [0.25, 0.3) is 0 Å². The van der Waals surface area contributed by atoms with Gasteiger partial charge < -0.3 is 5.32 Å². The van der Waals surface area contributed by atoms with Crippen molar-refractivity contribution >= 4 is 29.1 Å². The molecular formula is C13H17ClFNS. The Morgan fingerprint density at radius 2 is 2.24 bits per heavy atom. The van der Waals surface area contributed by atoms with Crippen LogP contribution >= 0.6 is 23.4 Å². The summed E-state index contributed by atoms with van der Waals surface area (Å²) in [6, 6.07) is 5.11. The molecule has 0 amide bonds. The van der Waals surface area contributed by atoms with E-state index in [1.165, 1.54) is 11.8 Å². The normalized spacial score (nSPS) is 23.4. The van der Waals surface area contributed by atoms with Crippen molar-refractivity contribution in [3.63, 3.8) is 0 Å². The van der Waals surface area contributed by atoms with Crippen LogP contribution in [-0.2, 0) is 0 Å². The van der Waals surface area contributed by atoms with Crippen molar-refractivity contribution in [2.75, 3.05) is 16.8 Å². The monoisotopic (exact) mass is 273 g/mol. The molecule has 2 rings (SSSR count). The third-order valence-corrected chi connectivity index (χ3v) is 4.76. The lowest BCUT2D eigenvalue weighted by molar-refractivity contribution is 0.357. The van der Waals surface area contributed by atoms with Crippen molar-refractivity contribution in [2.45, 2.75) is 26.3 Å². The van der Waals surface area contributed by atoms with Gasteiger partial charge in [-0.2, -0.15) is 11.8 Å². The number of nitrogens with one attached hydrogen (secondary N) is 1. The number of anilines is 1. The largest absolute Gasteiger partial charge is 0.379 e. The van der Waals surface area contributed by atoms with E-state index in [1.807, 2.05) is 11.8 Å². The summed E-state index contributed by atoms with van der Waals surface area (Å²) in [5, 5.41) is 3.71. The second-order valence-corrected chi connectivity index (χ2v) is 6.82. The van der Waals surface area contributed by atoms with Crippen LogP contribution in [-0.4, -0.2) is 17.5 Å². The molecule has 1 nitrogen and oxygen atoms in total. The average molecular weight is 274 g/mol. The fraction of sp³-hybridized carbons (Fsp3) is 0.538. The minimum absolute atomic E-state index is 0.272. The molecule has 1 aliphatic heterocycles. The minimum Gasteiger partial charge on any atom is -0.379 e. The number of rotatable bonds is 2. The second-order valence-electron chi connectivity index (χ2n) is 5.35. The second kappa shape index (κ2) is 5.07. The summed E-state index contributed by atoms with van der Waals surface area (Å²) in [5.41, 5.74) is 0.876. The number of benzene rings is 1. The molecule has 0 spiro atoms. The lowest BCUT2D eigenvalue weighted by Crippen LogP contribution is -2.35. The Balaban J connectivity index is 2.05. The van der Waals surface area contributed by atoms with Crippen molar-refractivity contribution in [1.29, 1.82) is 0 Å². The molecule has 1 heterocycles. The van der Waals surface area contributed by atoms with Crippen LogP contribution in [0.3, 0.4) is 0 Å². The van der Waals surface area contributed by atoms with E-state index in [2.05, 4.69) is 19.2 Å². The number of hydrogen-bond acceptors (Lipinski definition) is 2. The maximum absolute atomic E-state index is 13.6. The molecule has 1 aliphatic rings. The highest BCUT2D eigenvalue weighted by Crippen LogP contribution is 2.35. The molecule has 0 aromatic heterocycles. The highest BCUT2D eigenvalue weighted by atomic mass is 35.5. The Kier molecular flexibility index (Phi) is 3.88. The first-order chi connectivity index (χ1) is 7.96. The van der Waals surface area contributed by atoms with Crippen LogP contribution in [0.5, 0.6) is 0 Å². The summed E-state index contributed by atoms with van der Waals surface area (Å²) in [7, 11) is 0. The molecule has 0 aliphatic carbocycles. The lowest BCUT2D eigenvalue weighted by Gasteiger charge is -2.35. The van der Waals surface area contributed by atoms with Crippen molar-refractivity contribution in [3.05, 3.63) is 29.0 Å². The Morgan fingerprint density at radius 1 is 1.47 bits per heavy atom. The first-order valence-corrected chi connectivity index (χ1v) is 7.29. The molecule has 17 heavy (non-hydrogen) atoms. The minimum atomic E-state index is -0.272. The molecule has 1 unspecified atom stereocenters. The Labute approximate surface area is 111 Å². The molecule has 4 heteroatoms. The van der Waals surface area contributed by atoms with Crippen molar-refractivity contribution in [1.82, 2.24) is 0 Å². The molecule has 1 aromatic rings. The molecule has 1 atom stereocenters. The van der Waals surface area contributed by atoms with Gasteiger partial charge in [0.25, 0.3) is 0 Å². The summed E-state index contributed by atoms with van der Waals surface area (Å²) >= 11 is 7.66. The van der Waals surface area contributed by atoms with Gasteiger partial charge in [-0.15, -0.1) is 0 Å². The number of halogens is 2. The van der Waals surface area contributed by atoms with Gasteiger partial charge in [0.15, 0.2) is 0 Å². The number of thioether (sulfide) groups is 1. The standard InChI is InChI=1S/C13H17ClFNS/c1-13(2)6-10(7-17-8-13)16-12-4-3-9(14)5-11(12)15/h3-5,10,16H,6-8H2,1-2H3. The van der Waals surface area contributed by atoms with E-state index < -0.39 is 0 Å². The smallest absolute Gasteiger partial charge is 0.147 e. The van der Waals surface area contributed by atoms with Crippen LogP contribution in [0.4, 0.5) is 10.1 Å². The van der Waals surface area contributed by atoms with Crippen molar-refractivity contribution in [2.24, 2.45) is 5.41 Å². The van der Waals surface area contributed by atoms with E-state index in [0.717, 1.165) is 12.2 Å². The van der Waals surface area contributed by atoms with E-state index >= 15 is 0 Å². The molecule has 0 radical (unpaired) electrons. The van der Waals surface area contributed by atoms with Gasteiger partial charge in [-0.1, -0.05) is 25.4 Å². The maximum Gasteiger partial charge on any atom is 0.147 e. The molecule has 1 saturated heterocycles. The van der Waals surface area contributed by atoms with Gasteiger partial charge in [0, 0.05) is 16.8 Å². The third kappa shape index (κ3) is 3.52. The van der Waals surface area contributed by atoms with Gasteiger partial charge in [-0.05, 0) is 35.8 Å². The van der Waals surface area contributed by atoms with Crippen LogP contribution in [0.15, 0.2) is 18.2 Å². The van der Waals surface area contributed by atoms with Crippen molar-refractivity contribution in [3.8, 4) is 0 Å². The zero-order valence-electron chi connectivity index (χ0n) is 10.1. The van der Waals surface area contributed by atoms with Crippen LogP contribution in [0, 0.1) is 11.2 Å². The Morgan fingerprint density at radius 3 is 2.88 bits per heavy atom. The quantitative estimate of drug-likeness (QED) is 0.856. The third-order valence-electron chi connectivity index (χ3n) is 2.90. The van der Waals surface area contributed by atoms with Gasteiger partial charge in [-0.3, -0.25) is 0 Å². The summed E-state index contributed by atoms with van der Waals surface area (Å²) in [4.78, 5) is 0. The maximum atomic E-state index is 13.6. The SMILES string of the molecule is CC1(C)CSCC(Nc2ccc(Cl)cc2F)C1. The van der Waals surface area contributed by atoms with Gasteiger partial charge in [0.1, 0.15) is 5.82 Å². The molecule has 0 saturated carbocycles. The predicted octanol–water partition coefficient (Wildman–Crippen LogP) is 4.42. The van der Waals surface area contributed by atoms with Gasteiger partial charge >= 0.3 is 0 Å². The van der Waals surface area contributed by atoms with Crippen LogP contribution in [0.2, 0.25) is 5.02 Å². The molecular weight excluding hydrogens is 257 g/mol. The van der Waals surface area contributed by atoms with Crippen LogP contribution < -0.4 is 5.32 Å². The first kappa shape index (κ1) is 13.0. The van der Waals surface area contributed by atoms with E-state index in [-0.39, 0.29) is 5.82 Å². The first-order valence-electron chi connectivity index (χ1n) is 5.76. The fourth-order valence-corrected chi connectivity index (χ4v) is 3.61. The van der Waals surface area contributed by atoms with E-state index in [4.69, 9.17) is 11.6 Å². The molecule has 94 valence electrons. The summed E-state index contributed by atoms with van der Waals surface area (Å²) in [5.74, 6) is 1.94. The molecule has 1 aromatic carbocycles.